The van der Waals surface area contributed by atoms with Crippen LogP contribution in [-0.4, -0.2) is 53.9 Å². The van der Waals surface area contributed by atoms with Crippen LogP contribution in [0.2, 0.25) is 0 Å². The molecular formula is C32H35N3O6. The van der Waals surface area contributed by atoms with E-state index in [9.17, 15) is 10.2 Å². The number of nitrogens with one attached hydrogen (secondary N) is 1. The molecule has 9 heteroatoms. The molecule has 0 fully saturated rings. The first-order chi connectivity index (χ1) is 20.0. The standard InChI is InChI=1S/C32H35N3O6/c1-33-18-40-29-15-24-26(41-32(29)20-4-7-25(37)27(14-20)38-2)16-28(39-3)31-23-6-5-22(36)13-21(23)12-19(30(24)31)8-10-35-11-9-34-17-35/h4-7,9,11,13-14,16-17,19,29,32-33,36-37H,8,10,12,15,18H2,1-3H3. The molecule has 0 bridgehead atoms. The summed E-state index contributed by atoms with van der Waals surface area (Å²) in [6, 6.07) is 12.8. The van der Waals surface area contributed by atoms with Crippen LogP contribution in [0.4, 0.5) is 0 Å². The largest absolute Gasteiger partial charge is 0.508 e. The first kappa shape index (κ1) is 27.0. The maximum atomic E-state index is 10.3. The molecule has 0 saturated heterocycles. The lowest BCUT2D eigenvalue weighted by atomic mass is 9.73. The second kappa shape index (κ2) is 11.3. The van der Waals surface area contributed by atoms with Crippen molar-refractivity contribution < 1.29 is 29.2 Å². The summed E-state index contributed by atoms with van der Waals surface area (Å²) in [5.41, 5.74) is 6.37. The summed E-state index contributed by atoms with van der Waals surface area (Å²) in [6.45, 7) is 1.17. The van der Waals surface area contributed by atoms with Gasteiger partial charge in [-0.2, -0.15) is 0 Å². The van der Waals surface area contributed by atoms with Crippen LogP contribution in [-0.2, 0) is 24.1 Å². The number of phenolic OH excluding ortho intramolecular Hbond substituents is 2. The molecule has 1 aliphatic carbocycles. The quantitative estimate of drug-likeness (QED) is 0.248. The molecule has 0 spiro atoms. The zero-order chi connectivity index (χ0) is 28.5. The van der Waals surface area contributed by atoms with E-state index in [2.05, 4.69) is 14.9 Å². The van der Waals surface area contributed by atoms with Crippen LogP contribution in [0.3, 0.4) is 0 Å². The van der Waals surface area contributed by atoms with Crippen LogP contribution < -0.4 is 19.5 Å². The molecule has 3 unspecified atom stereocenters. The van der Waals surface area contributed by atoms with E-state index in [1.165, 1.54) is 12.7 Å². The minimum atomic E-state index is -0.426. The molecule has 214 valence electrons. The molecule has 4 aromatic rings. The van der Waals surface area contributed by atoms with E-state index >= 15 is 0 Å². The van der Waals surface area contributed by atoms with E-state index in [0.29, 0.717) is 18.9 Å². The molecule has 0 saturated carbocycles. The summed E-state index contributed by atoms with van der Waals surface area (Å²) < 4.78 is 26.6. The number of imidazole rings is 1. The molecule has 2 aliphatic rings. The lowest BCUT2D eigenvalue weighted by Crippen LogP contribution is -2.36. The Kier molecular flexibility index (Phi) is 7.47. The van der Waals surface area contributed by atoms with Crippen LogP contribution in [0.25, 0.3) is 11.1 Å². The fourth-order valence-electron chi connectivity index (χ4n) is 6.24. The van der Waals surface area contributed by atoms with Gasteiger partial charge in [0, 0.05) is 42.6 Å². The van der Waals surface area contributed by atoms with E-state index in [4.69, 9.17) is 18.9 Å². The number of hydrogen-bond donors (Lipinski definition) is 3. The molecule has 3 atom stereocenters. The number of rotatable bonds is 9. The molecule has 2 heterocycles. The highest BCUT2D eigenvalue weighted by molar-refractivity contribution is 5.83. The van der Waals surface area contributed by atoms with Crippen LogP contribution >= 0.6 is 0 Å². The predicted molar refractivity (Wildman–Crippen MR) is 154 cm³/mol. The van der Waals surface area contributed by atoms with Crippen LogP contribution in [0.15, 0.2) is 61.2 Å². The molecule has 3 N–H and O–H groups in total. The zero-order valence-electron chi connectivity index (χ0n) is 23.5. The number of benzene rings is 3. The smallest absolute Gasteiger partial charge is 0.160 e. The Balaban J connectivity index is 1.49. The average molecular weight is 558 g/mol. The summed E-state index contributed by atoms with van der Waals surface area (Å²) in [5.74, 6) is 2.36. The minimum Gasteiger partial charge on any atom is -0.508 e. The molecular weight excluding hydrogens is 522 g/mol. The Labute approximate surface area is 239 Å². The highest BCUT2D eigenvalue weighted by atomic mass is 16.6. The fraction of sp³-hybridized carbons (Fsp3) is 0.344. The van der Waals surface area contributed by atoms with Gasteiger partial charge in [0.1, 0.15) is 23.4 Å². The van der Waals surface area contributed by atoms with Crippen molar-refractivity contribution in [3.8, 4) is 39.9 Å². The maximum absolute atomic E-state index is 10.3. The third-order valence-corrected chi connectivity index (χ3v) is 8.12. The number of methoxy groups -OCH3 is 2. The first-order valence-electron chi connectivity index (χ1n) is 13.8. The van der Waals surface area contributed by atoms with Gasteiger partial charge in [0.25, 0.3) is 0 Å². The summed E-state index contributed by atoms with van der Waals surface area (Å²) in [4.78, 5) is 4.21. The second-order valence-corrected chi connectivity index (χ2v) is 10.6. The van der Waals surface area contributed by atoms with Gasteiger partial charge in [0.15, 0.2) is 17.6 Å². The normalized spacial score (nSPS) is 19.0. The molecule has 9 nitrogen and oxygen atoms in total. The van der Waals surface area contributed by atoms with Crippen LogP contribution in [0, 0.1) is 0 Å². The third kappa shape index (κ3) is 5.07. The third-order valence-electron chi connectivity index (χ3n) is 8.12. The van der Waals surface area contributed by atoms with Crippen molar-refractivity contribution in [2.75, 3.05) is 28.0 Å². The van der Waals surface area contributed by atoms with Gasteiger partial charge in [-0.1, -0.05) is 12.1 Å². The number of hydrogen-bond acceptors (Lipinski definition) is 8. The Hall–Kier alpha value is -4.21. The van der Waals surface area contributed by atoms with Gasteiger partial charge in [-0.25, -0.2) is 4.98 Å². The SMILES string of the molecule is CNCOC1Cc2c(cc(OC)c3c2C(CCn2ccnc2)Cc2cc(O)ccc2-3)OC1c1ccc(O)c(OC)c1. The van der Waals surface area contributed by atoms with Gasteiger partial charge in [0.05, 0.1) is 27.3 Å². The number of nitrogens with zero attached hydrogens (tertiary/aromatic N) is 2. The summed E-state index contributed by atoms with van der Waals surface area (Å²) in [6.07, 6.45) is 7.18. The summed E-state index contributed by atoms with van der Waals surface area (Å²) >= 11 is 0. The number of phenols is 2. The maximum Gasteiger partial charge on any atom is 0.160 e. The van der Waals surface area contributed by atoms with E-state index in [1.807, 2.05) is 43.8 Å². The number of aromatic hydroxyl groups is 2. The molecule has 41 heavy (non-hydrogen) atoms. The van der Waals surface area contributed by atoms with Crippen molar-refractivity contribution in [2.24, 2.45) is 0 Å². The molecule has 1 aliphatic heterocycles. The van der Waals surface area contributed by atoms with Crippen molar-refractivity contribution in [1.29, 1.82) is 0 Å². The van der Waals surface area contributed by atoms with Gasteiger partial charge in [-0.3, -0.25) is 5.32 Å². The Morgan fingerprint density at radius 3 is 2.66 bits per heavy atom. The highest BCUT2D eigenvalue weighted by Crippen LogP contribution is 2.53. The number of aromatic nitrogens is 2. The van der Waals surface area contributed by atoms with Crippen molar-refractivity contribution in [3.05, 3.63) is 83.4 Å². The lowest BCUT2D eigenvalue weighted by Gasteiger charge is -2.39. The summed E-state index contributed by atoms with van der Waals surface area (Å²) in [5, 5.41) is 23.6. The van der Waals surface area contributed by atoms with Gasteiger partial charge >= 0.3 is 0 Å². The van der Waals surface area contributed by atoms with Crippen LogP contribution in [0.5, 0.6) is 28.7 Å². The molecule has 6 rings (SSSR count). The summed E-state index contributed by atoms with van der Waals surface area (Å²) in [7, 11) is 5.06. The molecule has 3 aromatic carbocycles. The Morgan fingerprint density at radius 2 is 1.90 bits per heavy atom. The van der Waals surface area contributed by atoms with Crippen LogP contribution in [0.1, 0.15) is 40.7 Å². The molecule has 0 radical (unpaired) electrons. The first-order valence-corrected chi connectivity index (χ1v) is 13.8. The fourth-order valence-corrected chi connectivity index (χ4v) is 6.24. The van der Waals surface area contributed by atoms with Crippen molar-refractivity contribution >= 4 is 0 Å². The number of aryl methyl sites for hydroxylation is 1. The predicted octanol–water partition coefficient (Wildman–Crippen LogP) is 4.95. The Morgan fingerprint density at radius 1 is 1.05 bits per heavy atom. The topological polar surface area (TPSA) is 107 Å². The average Bonchev–Trinajstić information content (AvgIpc) is 3.51. The second-order valence-electron chi connectivity index (χ2n) is 10.6. The van der Waals surface area contributed by atoms with Crippen molar-refractivity contribution in [3.63, 3.8) is 0 Å². The van der Waals surface area contributed by atoms with E-state index in [1.54, 1.807) is 31.5 Å². The number of ether oxygens (including phenoxy) is 4. The van der Waals surface area contributed by atoms with E-state index in [0.717, 1.165) is 58.7 Å². The minimum absolute atomic E-state index is 0.0707. The van der Waals surface area contributed by atoms with Gasteiger partial charge in [-0.05, 0) is 72.3 Å². The van der Waals surface area contributed by atoms with Gasteiger partial charge in [-0.15, -0.1) is 0 Å². The Bertz CT molecular complexity index is 1540. The van der Waals surface area contributed by atoms with Crippen molar-refractivity contribution in [2.45, 2.75) is 43.9 Å². The zero-order valence-corrected chi connectivity index (χ0v) is 23.5. The number of fused-ring (bicyclic) bond motifs is 5. The molecule has 0 amide bonds. The monoisotopic (exact) mass is 557 g/mol. The van der Waals surface area contributed by atoms with Crippen molar-refractivity contribution in [1.82, 2.24) is 14.9 Å². The van der Waals surface area contributed by atoms with Gasteiger partial charge in [0.2, 0.25) is 0 Å². The molecule has 1 aromatic heterocycles. The van der Waals surface area contributed by atoms with Gasteiger partial charge < -0.3 is 33.7 Å². The van der Waals surface area contributed by atoms with E-state index in [-0.39, 0.29) is 23.5 Å². The van der Waals surface area contributed by atoms with E-state index < -0.39 is 6.10 Å². The lowest BCUT2D eigenvalue weighted by molar-refractivity contribution is -0.0429. The highest BCUT2D eigenvalue weighted by Gasteiger charge is 2.39.